The zero-order valence-corrected chi connectivity index (χ0v) is 23.3. The highest BCUT2D eigenvalue weighted by atomic mass is 16.5. The first kappa shape index (κ1) is 27.5. The zero-order chi connectivity index (χ0) is 28.2. The van der Waals surface area contributed by atoms with E-state index >= 15 is 0 Å². The van der Waals surface area contributed by atoms with Crippen LogP contribution in [0.3, 0.4) is 0 Å². The van der Waals surface area contributed by atoms with E-state index in [1.165, 1.54) is 0 Å². The van der Waals surface area contributed by atoms with E-state index in [1.54, 1.807) is 11.0 Å². The van der Waals surface area contributed by atoms with Gasteiger partial charge < -0.3 is 24.4 Å². The number of ketones is 1. The maximum absolute atomic E-state index is 13.5. The van der Waals surface area contributed by atoms with Gasteiger partial charge in [-0.2, -0.15) is 0 Å². The lowest BCUT2D eigenvalue weighted by Crippen LogP contribution is -2.33. The van der Waals surface area contributed by atoms with Crippen molar-refractivity contribution in [1.29, 1.82) is 0 Å². The topological polar surface area (TPSA) is 79.3 Å². The molecule has 1 amide bonds. The number of hydrogen-bond acceptors (Lipinski definition) is 6. The van der Waals surface area contributed by atoms with Crippen molar-refractivity contribution in [3.63, 3.8) is 0 Å². The van der Waals surface area contributed by atoms with E-state index in [0.717, 1.165) is 37.4 Å². The molecule has 7 heteroatoms. The standard InChI is InChI=1S/C33H36N2O5/c1-4-34(5-2)17-10-18-35-30(23-11-9-14-27(21-23)40-26-12-7-6-8-13-26)29(32(37)33(35)38)31(36)24-15-16-28-25(20-24)19-22(3)39-28/h6-9,11-16,20-22,30,36H,4-5,10,17-19H2,1-3H3/t22-,30+/m0/s1. The lowest BCUT2D eigenvalue weighted by atomic mass is 9.94. The summed E-state index contributed by atoms with van der Waals surface area (Å²) in [4.78, 5) is 30.8. The van der Waals surface area contributed by atoms with E-state index in [1.807, 2.05) is 73.7 Å². The molecule has 208 valence electrons. The van der Waals surface area contributed by atoms with Gasteiger partial charge in [-0.25, -0.2) is 0 Å². The molecule has 2 aliphatic rings. The Morgan fingerprint density at radius 1 is 1.00 bits per heavy atom. The maximum atomic E-state index is 13.5. The molecule has 2 heterocycles. The molecule has 7 nitrogen and oxygen atoms in total. The van der Waals surface area contributed by atoms with Gasteiger partial charge in [0.15, 0.2) is 0 Å². The van der Waals surface area contributed by atoms with Gasteiger partial charge in [-0.05, 0) is 86.6 Å². The van der Waals surface area contributed by atoms with Crippen molar-refractivity contribution in [2.45, 2.75) is 45.8 Å². The first-order valence-electron chi connectivity index (χ1n) is 14.0. The smallest absolute Gasteiger partial charge is 0.295 e. The van der Waals surface area contributed by atoms with Gasteiger partial charge in [0, 0.05) is 18.5 Å². The predicted molar refractivity (Wildman–Crippen MR) is 155 cm³/mol. The Hall–Kier alpha value is -4.10. The molecule has 0 aromatic heterocycles. The second-order valence-electron chi connectivity index (χ2n) is 10.3. The van der Waals surface area contributed by atoms with Crippen LogP contribution in [-0.2, 0) is 16.0 Å². The molecule has 0 saturated carbocycles. The molecule has 0 radical (unpaired) electrons. The normalized spacial score (nSPS) is 19.6. The SMILES string of the molecule is CCN(CC)CCCN1C(=O)C(=O)C(=C(O)c2ccc3c(c2)C[C@H](C)O3)[C@H]1c1cccc(Oc2ccccc2)c1. The Morgan fingerprint density at radius 2 is 1.75 bits per heavy atom. The summed E-state index contributed by atoms with van der Waals surface area (Å²) in [5.41, 5.74) is 2.27. The van der Waals surface area contributed by atoms with Gasteiger partial charge in [0.05, 0.1) is 11.6 Å². The molecule has 3 aromatic carbocycles. The third-order valence-electron chi connectivity index (χ3n) is 7.63. The minimum atomic E-state index is -0.737. The molecule has 5 rings (SSSR count). The van der Waals surface area contributed by atoms with Crippen molar-refractivity contribution in [3.05, 3.63) is 95.1 Å². The van der Waals surface area contributed by atoms with Gasteiger partial charge in [0.1, 0.15) is 29.1 Å². The number of nitrogens with zero attached hydrogens (tertiary/aromatic N) is 2. The average Bonchev–Trinajstić information content (AvgIpc) is 3.46. The van der Waals surface area contributed by atoms with E-state index in [-0.39, 0.29) is 17.4 Å². The van der Waals surface area contributed by atoms with Crippen LogP contribution in [0.5, 0.6) is 17.2 Å². The molecule has 1 fully saturated rings. The fraction of sp³-hybridized carbons (Fsp3) is 0.333. The van der Waals surface area contributed by atoms with E-state index in [2.05, 4.69) is 18.7 Å². The number of benzene rings is 3. The van der Waals surface area contributed by atoms with Crippen LogP contribution in [0.1, 0.15) is 49.9 Å². The highest BCUT2D eigenvalue weighted by Gasteiger charge is 2.46. The molecule has 2 aliphatic heterocycles. The molecule has 0 bridgehead atoms. The Kier molecular flexibility index (Phi) is 8.21. The molecule has 0 aliphatic carbocycles. The number of aliphatic hydroxyl groups is 1. The molecule has 0 unspecified atom stereocenters. The maximum Gasteiger partial charge on any atom is 0.295 e. The highest BCUT2D eigenvalue weighted by molar-refractivity contribution is 6.46. The number of rotatable bonds is 10. The van der Waals surface area contributed by atoms with Crippen molar-refractivity contribution < 1.29 is 24.2 Å². The van der Waals surface area contributed by atoms with Crippen LogP contribution in [0, 0.1) is 0 Å². The lowest BCUT2D eigenvalue weighted by molar-refractivity contribution is -0.140. The van der Waals surface area contributed by atoms with Crippen molar-refractivity contribution in [1.82, 2.24) is 9.80 Å². The number of carbonyl (C=O) groups is 2. The Morgan fingerprint density at radius 3 is 2.50 bits per heavy atom. The molecular formula is C33H36N2O5. The van der Waals surface area contributed by atoms with E-state index < -0.39 is 17.7 Å². The average molecular weight is 541 g/mol. The highest BCUT2D eigenvalue weighted by Crippen LogP contribution is 2.41. The fourth-order valence-corrected chi connectivity index (χ4v) is 5.56. The number of hydrogen-bond donors (Lipinski definition) is 1. The number of fused-ring (bicyclic) bond motifs is 1. The van der Waals surface area contributed by atoms with E-state index in [0.29, 0.717) is 35.6 Å². The molecular weight excluding hydrogens is 504 g/mol. The molecule has 2 atom stereocenters. The zero-order valence-electron chi connectivity index (χ0n) is 23.3. The number of Topliss-reactive ketones (excluding diaryl/α,β-unsaturated/α-hetero) is 1. The van der Waals surface area contributed by atoms with Gasteiger partial charge in [0.2, 0.25) is 0 Å². The van der Waals surface area contributed by atoms with Gasteiger partial charge >= 0.3 is 0 Å². The third-order valence-corrected chi connectivity index (χ3v) is 7.63. The fourth-order valence-electron chi connectivity index (χ4n) is 5.56. The Bertz CT molecular complexity index is 1410. The van der Waals surface area contributed by atoms with Crippen molar-refractivity contribution in [3.8, 4) is 17.2 Å². The van der Waals surface area contributed by atoms with Crippen LogP contribution in [0.25, 0.3) is 5.76 Å². The second-order valence-corrected chi connectivity index (χ2v) is 10.3. The van der Waals surface area contributed by atoms with Gasteiger partial charge in [-0.1, -0.05) is 44.2 Å². The van der Waals surface area contributed by atoms with Crippen LogP contribution < -0.4 is 9.47 Å². The van der Waals surface area contributed by atoms with Crippen molar-refractivity contribution >= 4 is 17.4 Å². The number of para-hydroxylation sites is 1. The number of likely N-dealkylation sites (tertiary alicyclic amines) is 1. The van der Waals surface area contributed by atoms with E-state index in [9.17, 15) is 14.7 Å². The summed E-state index contributed by atoms with van der Waals surface area (Å²) in [6.07, 6.45) is 1.48. The number of aliphatic hydroxyl groups excluding tert-OH is 1. The van der Waals surface area contributed by atoms with Crippen molar-refractivity contribution in [2.24, 2.45) is 0 Å². The quantitative estimate of drug-likeness (QED) is 0.194. The predicted octanol–water partition coefficient (Wildman–Crippen LogP) is 5.96. The summed E-state index contributed by atoms with van der Waals surface area (Å²) >= 11 is 0. The minimum absolute atomic E-state index is 0.0520. The molecule has 0 spiro atoms. The van der Waals surface area contributed by atoms with Crippen LogP contribution in [0.15, 0.2) is 78.4 Å². The summed E-state index contributed by atoms with van der Waals surface area (Å²) in [7, 11) is 0. The lowest BCUT2D eigenvalue weighted by Gasteiger charge is -2.27. The molecule has 1 N–H and O–H groups in total. The van der Waals surface area contributed by atoms with Crippen LogP contribution in [-0.4, -0.2) is 58.9 Å². The molecule has 3 aromatic rings. The summed E-state index contributed by atoms with van der Waals surface area (Å²) in [6.45, 7) is 9.24. The monoisotopic (exact) mass is 540 g/mol. The Balaban J connectivity index is 1.54. The van der Waals surface area contributed by atoms with Gasteiger partial charge in [-0.15, -0.1) is 0 Å². The van der Waals surface area contributed by atoms with Gasteiger partial charge in [-0.3, -0.25) is 9.59 Å². The minimum Gasteiger partial charge on any atom is -0.507 e. The number of ether oxygens (including phenoxy) is 2. The first-order chi connectivity index (χ1) is 19.4. The summed E-state index contributed by atoms with van der Waals surface area (Å²) < 4.78 is 11.9. The summed E-state index contributed by atoms with van der Waals surface area (Å²) in [5, 5.41) is 11.5. The number of carbonyl (C=O) groups excluding carboxylic acids is 2. The summed E-state index contributed by atoms with van der Waals surface area (Å²) in [5.74, 6) is 0.599. The summed E-state index contributed by atoms with van der Waals surface area (Å²) in [6, 6.07) is 21.5. The first-order valence-corrected chi connectivity index (χ1v) is 14.0. The van der Waals surface area contributed by atoms with Crippen LogP contribution in [0.4, 0.5) is 0 Å². The Labute approximate surface area is 235 Å². The number of amides is 1. The molecule has 40 heavy (non-hydrogen) atoms. The van der Waals surface area contributed by atoms with E-state index in [4.69, 9.17) is 9.47 Å². The largest absolute Gasteiger partial charge is 0.507 e. The van der Waals surface area contributed by atoms with Crippen LogP contribution >= 0.6 is 0 Å². The third kappa shape index (κ3) is 5.61. The van der Waals surface area contributed by atoms with Crippen LogP contribution in [0.2, 0.25) is 0 Å². The van der Waals surface area contributed by atoms with Gasteiger partial charge in [0.25, 0.3) is 11.7 Å². The van der Waals surface area contributed by atoms with Crippen molar-refractivity contribution in [2.75, 3.05) is 26.2 Å². The second kappa shape index (κ2) is 12.0. The molecule has 1 saturated heterocycles.